The number of benzene rings is 1. The third-order valence-electron chi connectivity index (χ3n) is 6.13. The summed E-state index contributed by atoms with van der Waals surface area (Å²) in [6.07, 6.45) is 0.738. The van der Waals surface area contributed by atoms with Crippen molar-refractivity contribution in [2.45, 2.75) is 57.5 Å². The van der Waals surface area contributed by atoms with Crippen LogP contribution >= 0.6 is 0 Å². The van der Waals surface area contributed by atoms with E-state index in [2.05, 4.69) is 14.9 Å². The largest absolute Gasteiger partial charge is 0.379 e. The van der Waals surface area contributed by atoms with Crippen molar-refractivity contribution in [3.63, 3.8) is 0 Å². The number of rotatable bonds is 12. The molecule has 192 valence electrons. The monoisotopic (exact) mass is 496 g/mol. The number of carbonyl (C=O) groups excluding carboxylic acids is 2. The zero-order chi connectivity index (χ0) is 25.4. The first-order chi connectivity index (χ1) is 16.0. The SMILES string of the molecule is CCC(C)(C)NC(=O)C(C(C)C)N(CCN1CCOCC1)C(=O)CNS(=O)(=O)c1ccccc1. The van der Waals surface area contributed by atoms with Crippen LogP contribution in [0.15, 0.2) is 35.2 Å². The molecule has 1 aromatic carbocycles. The fourth-order valence-corrected chi connectivity index (χ4v) is 4.73. The molecule has 0 spiro atoms. The summed E-state index contributed by atoms with van der Waals surface area (Å²) in [5.41, 5.74) is -0.419. The van der Waals surface area contributed by atoms with Gasteiger partial charge in [-0.25, -0.2) is 13.1 Å². The Hall–Kier alpha value is -2.01. The number of hydrogen-bond donors (Lipinski definition) is 2. The zero-order valence-corrected chi connectivity index (χ0v) is 21.9. The van der Waals surface area contributed by atoms with Crippen LogP contribution in [0.2, 0.25) is 0 Å². The summed E-state index contributed by atoms with van der Waals surface area (Å²) in [4.78, 5) is 30.5. The molecule has 1 unspecified atom stereocenters. The smallest absolute Gasteiger partial charge is 0.243 e. The minimum atomic E-state index is -3.85. The molecule has 9 nitrogen and oxygen atoms in total. The normalized spacial score (nSPS) is 16.3. The molecule has 0 bridgehead atoms. The van der Waals surface area contributed by atoms with Crippen molar-refractivity contribution < 1.29 is 22.7 Å². The minimum Gasteiger partial charge on any atom is -0.379 e. The molecule has 10 heteroatoms. The van der Waals surface area contributed by atoms with Gasteiger partial charge in [-0.1, -0.05) is 39.0 Å². The zero-order valence-electron chi connectivity index (χ0n) is 21.0. The lowest BCUT2D eigenvalue weighted by molar-refractivity contribution is -0.142. The van der Waals surface area contributed by atoms with Crippen LogP contribution in [0.25, 0.3) is 0 Å². The Bertz CT molecular complexity index is 899. The predicted octanol–water partition coefficient (Wildman–Crippen LogP) is 1.46. The van der Waals surface area contributed by atoms with Crippen LogP contribution < -0.4 is 10.0 Å². The van der Waals surface area contributed by atoms with E-state index in [1.54, 1.807) is 18.2 Å². The van der Waals surface area contributed by atoms with E-state index >= 15 is 0 Å². The number of nitrogens with one attached hydrogen (secondary N) is 2. The molecule has 0 aliphatic carbocycles. The van der Waals surface area contributed by atoms with E-state index in [0.717, 1.165) is 19.5 Å². The van der Waals surface area contributed by atoms with Gasteiger partial charge < -0.3 is 15.0 Å². The third-order valence-corrected chi connectivity index (χ3v) is 7.55. The van der Waals surface area contributed by atoms with Gasteiger partial charge in [0.15, 0.2) is 0 Å². The molecule has 0 saturated carbocycles. The Labute approximate surface area is 204 Å². The summed E-state index contributed by atoms with van der Waals surface area (Å²) < 4.78 is 33.1. The Kier molecular flexibility index (Phi) is 10.5. The maximum Gasteiger partial charge on any atom is 0.243 e. The van der Waals surface area contributed by atoms with Crippen molar-refractivity contribution in [1.82, 2.24) is 19.8 Å². The molecule has 1 aliphatic heterocycles. The lowest BCUT2D eigenvalue weighted by Gasteiger charge is -2.38. The van der Waals surface area contributed by atoms with Gasteiger partial charge in [0.1, 0.15) is 6.04 Å². The molecule has 34 heavy (non-hydrogen) atoms. The Morgan fingerprint density at radius 3 is 2.32 bits per heavy atom. The summed E-state index contributed by atoms with van der Waals surface area (Å²) in [5, 5.41) is 3.05. The fraction of sp³-hybridized carbons (Fsp3) is 0.667. The van der Waals surface area contributed by atoms with Crippen LogP contribution in [-0.4, -0.2) is 87.6 Å². The average Bonchev–Trinajstić information content (AvgIpc) is 2.80. The Morgan fingerprint density at radius 2 is 1.76 bits per heavy atom. The van der Waals surface area contributed by atoms with E-state index in [1.165, 1.54) is 17.0 Å². The number of hydrogen-bond acceptors (Lipinski definition) is 6. The molecule has 2 amide bonds. The molecule has 1 heterocycles. The topological polar surface area (TPSA) is 108 Å². The molecule has 2 N–H and O–H groups in total. The molecular formula is C24H40N4O5S. The molecule has 0 aromatic heterocycles. The van der Waals surface area contributed by atoms with Crippen molar-refractivity contribution in [3.05, 3.63) is 30.3 Å². The van der Waals surface area contributed by atoms with Gasteiger partial charge in [-0.05, 0) is 38.3 Å². The van der Waals surface area contributed by atoms with Crippen molar-refractivity contribution in [2.24, 2.45) is 5.92 Å². The van der Waals surface area contributed by atoms with Crippen LogP contribution in [0.3, 0.4) is 0 Å². The van der Waals surface area contributed by atoms with Crippen LogP contribution in [0.1, 0.15) is 41.0 Å². The third kappa shape index (κ3) is 8.33. The van der Waals surface area contributed by atoms with Gasteiger partial charge in [-0.15, -0.1) is 0 Å². The molecule has 1 saturated heterocycles. The predicted molar refractivity (Wildman–Crippen MR) is 132 cm³/mol. The van der Waals surface area contributed by atoms with Gasteiger partial charge in [0.05, 0.1) is 24.7 Å². The molecule has 1 atom stereocenters. The molecule has 2 rings (SSSR count). The lowest BCUT2D eigenvalue weighted by Crippen LogP contribution is -2.59. The van der Waals surface area contributed by atoms with Gasteiger partial charge in [0.2, 0.25) is 21.8 Å². The lowest BCUT2D eigenvalue weighted by atomic mass is 9.97. The first-order valence-corrected chi connectivity index (χ1v) is 13.4. The Balaban J connectivity index is 2.21. The number of sulfonamides is 1. The standard InChI is InChI=1S/C24H40N4O5S/c1-6-24(4,5)26-23(30)22(19(2)3)28(13-12-27-14-16-33-17-15-27)21(29)18-25-34(31,32)20-10-8-7-9-11-20/h7-11,19,22,25H,6,12-18H2,1-5H3,(H,26,30). The minimum absolute atomic E-state index is 0.0884. The van der Waals surface area contributed by atoms with E-state index in [9.17, 15) is 18.0 Å². The van der Waals surface area contributed by atoms with Gasteiger partial charge in [0.25, 0.3) is 0 Å². The molecule has 1 aromatic rings. The number of amides is 2. The van der Waals surface area contributed by atoms with Gasteiger partial charge in [-0.3, -0.25) is 14.5 Å². The van der Waals surface area contributed by atoms with Crippen molar-refractivity contribution in [3.8, 4) is 0 Å². The first-order valence-electron chi connectivity index (χ1n) is 11.9. The second kappa shape index (κ2) is 12.6. The number of morpholine rings is 1. The number of carbonyl (C=O) groups is 2. The highest BCUT2D eigenvalue weighted by atomic mass is 32.2. The second-order valence-electron chi connectivity index (χ2n) is 9.59. The molecular weight excluding hydrogens is 456 g/mol. The molecule has 0 radical (unpaired) electrons. The van der Waals surface area contributed by atoms with Crippen LogP contribution in [-0.2, 0) is 24.3 Å². The van der Waals surface area contributed by atoms with E-state index in [1.807, 2.05) is 34.6 Å². The summed E-state index contributed by atoms with van der Waals surface area (Å²) >= 11 is 0. The highest BCUT2D eigenvalue weighted by molar-refractivity contribution is 7.89. The van der Waals surface area contributed by atoms with E-state index < -0.39 is 34.1 Å². The average molecular weight is 497 g/mol. The maximum atomic E-state index is 13.4. The van der Waals surface area contributed by atoms with E-state index in [4.69, 9.17) is 4.74 Å². The van der Waals surface area contributed by atoms with E-state index in [0.29, 0.717) is 26.3 Å². The molecule has 1 fully saturated rings. The van der Waals surface area contributed by atoms with Gasteiger partial charge >= 0.3 is 0 Å². The van der Waals surface area contributed by atoms with Crippen molar-refractivity contribution >= 4 is 21.8 Å². The van der Waals surface area contributed by atoms with E-state index in [-0.39, 0.29) is 16.7 Å². The summed E-state index contributed by atoms with van der Waals surface area (Å²) in [6.45, 7) is 12.9. The summed E-state index contributed by atoms with van der Waals surface area (Å²) in [5.74, 6) is -0.828. The first kappa shape index (κ1) is 28.2. The maximum absolute atomic E-state index is 13.4. The molecule has 1 aliphatic rings. The van der Waals surface area contributed by atoms with Crippen molar-refractivity contribution in [2.75, 3.05) is 45.9 Å². The summed E-state index contributed by atoms with van der Waals surface area (Å²) in [7, 11) is -3.85. The summed E-state index contributed by atoms with van der Waals surface area (Å²) in [6, 6.07) is 7.20. The van der Waals surface area contributed by atoms with Crippen LogP contribution in [0.5, 0.6) is 0 Å². The Morgan fingerprint density at radius 1 is 1.15 bits per heavy atom. The number of nitrogens with zero attached hydrogens (tertiary/aromatic N) is 2. The highest BCUT2D eigenvalue weighted by Crippen LogP contribution is 2.16. The second-order valence-corrected chi connectivity index (χ2v) is 11.4. The quantitative estimate of drug-likeness (QED) is 0.454. The van der Waals surface area contributed by atoms with Crippen molar-refractivity contribution in [1.29, 1.82) is 0 Å². The van der Waals surface area contributed by atoms with Crippen LogP contribution in [0, 0.1) is 5.92 Å². The number of ether oxygens (including phenoxy) is 1. The van der Waals surface area contributed by atoms with Gasteiger partial charge in [-0.2, -0.15) is 0 Å². The highest BCUT2D eigenvalue weighted by Gasteiger charge is 2.35. The van der Waals surface area contributed by atoms with Crippen LogP contribution in [0.4, 0.5) is 0 Å². The fourth-order valence-electron chi connectivity index (χ4n) is 3.73. The van der Waals surface area contributed by atoms with Gasteiger partial charge in [0, 0.05) is 31.7 Å².